The Morgan fingerprint density at radius 3 is 2.72 bits per heavy atom. The first-order chi connectivity index (χ1) is 15.2. The Bertz CT molecular complexity index is 1080. The first kappa shape index (κ1) is 24.1. The Kier molecular flexibility index (Phi) is 7.86. The maximum Gasteiger partial charge on any atom is 0.416 e. The first-order valence-corrected chi connectivity index (χ1v) is 10.9. The van der Waals surface area contributed by atoms with Gasteiger partial charge < -0.3 is 19.2 Å². The van der Waals surface area contributed by atoms with Gasteiger partial charge in [0.05, 0.1) is 28.6 Å². The number of rotatable bonds is 9. The smallest absolute Gasteiger partial charge is 0.383 e. The molecule has 0 atom stereocenters. The van der Waals surface area contributed by atoms with Crippen LogP contribution in [0.4, 0.5) is 18.9 Å². The van der Waals surface area contributed by atoms with Gasteiger partial charge in [-0.05, 0) is 30.3 Å². The van der Waals surface area contributed by atoms with Crippen LogP contribution in [0.25, 0.3) is 0 Å². The maximum atomic E-state index is 12.9. The summed E-state index contributed by atoms with van der Waals surface area (Å²) in [7, 11) is 3.52. The molecule has 12 heteroatoms. The van der Waals surface area contributed by atoms with E-state index in [-0.39, 0.29) is 16.5 Å². The summed E-state index contributed by atoms with van der Waals surface area (Å²) in [4.78, 5) is 12.4. The van der Waals surface area contributed by atoms with Gasteiger partial charge in [0.2, 0.25) is 5.91 Å². The number of hydrogen-bond donors (Lipinski definition) is 1. The molecule has 1 amide bonds. The monoisotopic (exact) mass is 487 g/mol. The van der Waals surface area contributed by atoms with Gasteiger partial charge in [-0.2, -0.15) is 13.2 Å². The SMILES string of the molecule is COCCn1c(Cc2cccn2C)nnc1SCC(=O)Nc1cc(C(F)(F)F)ccc1Cl. The Hall–Kier alpha value is -2.50. The molecular weight excluding hydrogens is 467 g/mol. The number of aryl methyl sites for hydroxylation is 1. The van der Waals surface area contributed by atoms with E-state index in [1.165, 1.54) is 0 Å². The van der Waals surface area contributed by atoms with E-state index >= 15 is 0 Å². The second-order valence-corrected chi connectivity index (χ2v) is 8.21. The van der Waals surface area contributed by atoms with Gasteiger partial charge in [-0.15, -0.1) is 10.2 Å². The predicted molar refractivity (Wildman–Crippen MR) is 116 cm³/mol. The number of methoxy groups -OCH3 is 1. The predicted octanol–water partition coefficient (Wildman–Crippen LogP) is 4.26. The largest absolute Gasteiger partial charge is 0.416 e. The maximum absolute atomic E-state index is 12.9. The second-order valence-electron chi connectivity index (χ2n) is 6.86. The fourth-order valence-corrected chi connectivity index (χ4v) is 3.87. The van der Waals surface area contributed by atoms with Crippen LogP contribution in [-0.2, 0) is 35.7 Å². The number of halogens is 4. The number of anilines is 1. The van der Waals surface area contributed by atoms with Gasteiger partial charge in [-0.1, -0.05) is 23.4 Å². The molecule has 3 rings (SSSR count). The molecule has 0 radical (unpaired) electrons. The molecule has 2 aromatic heterocycles. The lowest BCUT2D eigenvalue weighted by molar-refractivity contribution is -0.137. The van der Waals surface area contributed by atoms with Gasteiger partial charge in [0.1, 0.15) is 5.82 Å². The van der Waals surface area contributed by atoms with Crippen molar-refractivity contribution in [2.45, 2.75) is 24.3 Å². The Balaban J connectivity index is 1.69. The number of thioether (sulfide) groups is 1. The van der Waals surface area contributed by atoms with Crippen molar-refractivity contribution < 1.29 is 22.7 Å². The third-order valence-corrected chi connectivity index (χ3v) is 5.90. The Morgan fingerprint density at radius 1 is 1.28 bits per heavy atom. The zero-order chi connectivity index (χ0) is 23.3. The summed E-state index contributed by atoms with van der Waals surface area (Å²) in [5, 5.41) is 11.4. The number of hydrogen-bond acceptors (Lipinski definition) is 5. The number of amides is 1. The quantitative estimate of drug-likeness (QED) is 0.457. The number of nitrogens with zero attached hydrogens (tertiary/aromatic N) is 4. The topological polar surface area (TPSA) is 74.0 Å². The Labute approximate surface area is 191 Å². The molecular formula is C20H21ClF3N5O2S. The van der Waals surface area contributed by atoms with Crippen LogP contribution in [0.2, 0.25) is 5.02 Å². The number of ether oxygens (including phenoxy) is 1. The molecule has 0 saturated heterocycles. The minimum Gasteiger partial charge on any atom is -0.383 e. The molecule has 0 saturated carbocycles. The molecule has 0 fully saturated rings. The molecule has 1 N–H and O–H groups in total. The standard InChI is InChI=1S/C20H21ClF3N5O2S/c1-28-7-3-4-14(28)11-17-26-27-19(29(17)8-9-31-2)32-12-18(30)25-16-10-13(20(22,23)24)5-6-15(16)21/h3-7,10H,8-9,11-12H2,1-2H3,(H,25,30). The average Bonchev–Trinajstić information content (AvgIpc) is 3.31. The molecule has 0 bridgehead atoms. The molecule has 0 aliphatic heterocycles. The summed E-state index contributed by atoms with van der Waals surface area (Å²) in [6, 6.07) is 6.69. The van der Waals surface area contributed by atoms with Gasteiger partial charge in [-0.3, -0.25) is 4.79 Å². The summed E-state index contributed by atoms with van der Waals surface area (Å²) >= 11 is 7.07. The minimum absolute atomic E-state index is 0.0180. The van der Waals surface area contributed by atoms with Gasteiger partial charge in [0.15, 0.2) is 5.16 Å². The third-order valence-electron chi connectivity index (χ3n) is 4.60. The highest BCUT2D eigenvalue weighted by Crippen LogP contribution is 2.34. The van der Waals surface area contributed by atoms with E-state index in [0.717, 1.165) is 35.7 Å². The number of carbonyl (C=O) groups is 1. The first-order valence-electron chi connectivity index (χ1n) is 9.49. The van der Waals surface area contributed by atoms with Crippen LogP contribution in [0.5, 0.6) is 0 Å². The fourth-order valence-electron chi connectivity index (χ4n) is 2.92. The lowest BCUT2D eigenvalue weighted by Crippen LogP contribution is -2.16. The zero-order valence-electron chi connectivity index (χ0n) is 17.3. The van der Waals surface area contributed by atoms with Crippen molar-refractivity contribution in [3.63, 3.8) is 0 Å². The van der Waals surface area contributed by atoms with Gasteiger partial charge in [-0.25, -0.2) is 0 Å². The van der Waals surface area contributed by atoms with Crippen LogP contribution in [0.1, 0.15) is 17.1 Å². The highest BCUT2D eigenvalue weighted by molar-refractivity contribution is 7.99. The third kappa shape index (κ3) is 6.05. The van der Waals surface area contributed by atoms with Crippen molar-refractivity contribution >= 4 is 35.0 Å². The molecule has 0 spiro atoms. The van der Waals surface area contributed by atoms with Gasteiger partial charge in [0.25, 0.3) is 0 Å². The summed E-state index contributed by atoms with van der Waals surface area (Å²) in [6.07, 6.45) is -2.05. The number of carbonyl (C=O) groups excluding carboxylic acids is 1. The molecule has 0 unspecified atom stereocenters. The lowest BCUT2D eigenvalue weighted by Gasteiger charge is -2.12. The van der Waals surface area contributed by atoms with E-state index in [2.05, 4.69) is 15.5 Å². The highest BCUT2D eigenvalue weighted by atomic mass is 35.5. The number of benzene rings is 1. The van der Waals surface area contributed by atoms with E-state index < -0.39 is 17.6 Å². The second kappa shape index (κ2) is 10.4. The highest BCUT2D eigenvalue weighted by Gasteiger charge is 2.31. The van der Waals surface area contributed by atoms with Crippen LogP contribution >= 0.6 is 23.4 Å². The molecule has 1 aromatic carbocycles. The minimum atomic E-state index is -4.54. The summed E-state index contributed by atoms with van der Waals surface area (Å²) in [5.41, 5.74) is 0.0522. The van der Waals surface area contributed by atoms with E-state index in [4.69, 9.17) is 16.3 Å². The molecule has 32 heavy (non-hydrogen) atoms. The number of alkyl halides is 3. The molecule has 0 aliphatic rings. The number of aromatic nitrogens is 4. The number of nitrogens with one attached hydrogen (secondary N) is 1. The zero-order valence-corrected chi connectivity index (χ0v) is 18.9. The van der Waals surface area contributed by atoms with Crippen LogP contribution in [-0.4, -0.2) is 44.7 Å². The molecule has 2 heterocycles. The van der Waals surface area contributed by atoms with Crippen molar-refractivity contribution in [3.8, 4) is 0 Å². The van der Waals surface area contributed by atoms with E-state index in [9.17, 15) is 18.0 Å². The van der Waals surface area contributed by atoms with Crippen molar-refractivity contribution in [1.82, 2.24) is 19.3 Å². The molecule has 7 nitrogen and oxygen atoms in total. The van der Waals surface area contributed by atoms with E-state index in [0.29, 0.717) is 30.6 Å². The lowest BCUT2D eigenvalue weighted by atomic mass is 10.2. The van der Waals surface area contributed by atoms with Crippen molar-refractivity contribution in [2.75, 3.05) is 24.8 Å². The van der Waals surface area contributed by atoms with Crippen LogP contribution in [0.3, 0.4) is 0 Å². The van der Waals surface area contributed by atoms with E-state index in [1.807, 2.05) is 34.5 Å². The van der Waals surface area contributed by atoms with Crippen LogP contribution in [0, 0.1) is 0 Å². The summed E-state index contributed by atoms with van der Waals surface area (Å²) in [5.74, 6) is 0.121. The molecule has 172 valence electrons. The van der Waals surface area contributed by atoms with Crippen molar-refractivity contribution in [3.05, 3.63) is 58.6 Å². The molecule has 0 aliphatic carbocycles. The van der Waals surface area contributed by atoms with Crippen molar-refractivity contribution in [1.29, 1.82) is 0 Å². The average molecular weight is 488 g/mol. The van der Waals surface area contributed by atoms with Crippen LogP contribution < -0.4 is 5.32 Å². The Morgan fingerprint density at radius 2 is 2.06 bits per heavy atom. The van der Waals surface area contributed by atoms with Crippen LogP contribution in [0.15, 0.2) is 41.7 Å². The van der Waals surface area contributed by atoms with E-state index in [1.54, 1.807) is 7.11 Å². The van der Waals surface area contributed by atoms with Crippen molar-refractivity contribution in [2.24, 2.45) is 7.05 Å². The normalized spacial score (nSPS) is 11.7. The summed E-state index contributed by atoms with van der Waals surface area (Å²) < 4.78 is 47.8. The van der Waals surface area contributed by atoms with Gasteiger partial charge >= 0.3 is 6.18 Å². The fraction of sp³-hybridized carbons (Fsp3) is 0.350. The molecule has 3 aromatic rings. The summed E-state index contributed by atoms with van der Waals surface area (Å²) in [6.45, 7) is 0.921. The van der Waals surface area contributed by atoms with Gasteiger partial charge in [0, 0.05) is 39.0 Å².